The van der Waals surface area contributed by atoms with E-state index in [-0.39, 0.29) is 0 Å². The second-order valence-electron chi connectivity index (χ2n) is 4.84. The van der Waals surface area contributed by atoms with Crippen LogP contribution in [0, 0.1) is 0 Å². The van der Waals surface area contributed by atoms with E-state index in [1.807, 2.05) is 48.5 Å². The zero-order valence-corrected chi connectivity index (χ0v) is 11.4. The third-order valence-electron chi connectivity index (χ3n) is 3.59. The molecule has 0 bridgehead atoms. The van der Waals surface area contributed by atoms with Crippen LogP contribution in [0.1, 0.15) is 15.9 Å². The van der Waals surface area contributed by atoms with Crippen LogP contribution in [-0.4, -0.2) is 11.1 Å². The van der Waals surface area contributed by atoms with Crippen LogP contribution in [0.4, 0.5) is 0 Å². The van der Waals surface area contributed by atoms with E-state index >= 15 is 0 Å². The molecule has 0 amide bonds. The summed E-state index contributed by atoms with van der Waals surface area (Å²) in [7, 11) is 0. The highest BCUT2D eigenvalue weighted by molar-refractivity contribution is 6.00. The van der Waals surface area contributed by atoms with E-state index in [0.717, 1.165) is 21.9 Å². The second kappa shape index (κ2) is 5.25. The Balaban J connectivity index is 2.31. The lowest BCUT2D eigenvalue weighted by Crippen LogP contribution is -2.01. The van der Waals surface area contributed by atoms with Crippen LogP contribution in [-0.2, 0) is 0 Å². The van der Waals surface area contributed by atoms with Gasteiger partial charge in [-0.15, -0.1) is 0 Å². The molecule has 0 heterocycles. The number of carboxylic acid groups (broad SMARTS) is 1. The van der Waals surface area contributed by atoms with Crippen LogP contribution in [0.5, 0.6) is 0 Å². The van der Waals surface area contributed by atoms with Crippen molar-refractivity contribution in [2.24, 2.45) is 0 Å². The Morgan fingerprint density at radius 1 is 0.952 bits per heavy atom. The lowest BCUT2D eigenvalue weighted by atomic mass is 9.93. The predicted molar refractivity (Wildman–Crippen MR) is 86.4 cm³/mol. The Labute approximate surface area is 123 Å². The zero-order chi connectivity index (χ0) is 14.8. The molecule has 2 nitrogen and oxygen atoms in total. The first-order chi connectivity index (χ1) is 10.2. The molecule has 0 spiro atoms. The Morgan fingerprint density at radius 3 is 2.43 bits per heavy atom. The Morgan fingerprint density at radius 2 is 1.71 bits per heavy atom. The third kappa shape index (κ3) is 2.32. The number of fused-ring (bicyclic) bond motifs is 1. The minimum Gasteiger partial charge on any atom is -0.478 e. The summed E-state index contributed by atoms with van der Waals surface area (Å²) in [6.07, 6.45) is 1.69. The van der Waals surface area contributed by atoms with Gasteiger partial charge in [-0.25, -0.2) is 4.79 Å². The number of carboxylic acids is 1. The summed E-state index contributed by atoms with van der Waals surface area (Å²) in [6.45, 7) is 3.79. The summed E-state index contributed by atoms with van der Waals surface area (Å²) in [5, 5.41) is 11.6. The lowest BCUT2D eigenvalue weighted by molar-refractivity contribution is 0.0697. The van der Waals surface area contributed by atoms with Crippen molar-refractivity contribution in [3.05, 3.63) is 78.4 Å². The normalized spacial score (nSPS) is 10.5. The third-order valence-corrected chi connectivity index (χ3v) is 3.59. The van der Waals surface area contributed by atoms with Gasteiger partial charge in [0.2, 0.25) is 0 Å². The van der Waals surface area contributed by atoms with Gasteiger partial charge in [-0.1, -0.05) is 61.2 Å². The van der Waals surface area contributed by atoms with E-state index in [2.05, 4.69) is 6.58 Å². The molecule has 0 aliphatic heterocycles. The summed E-state index contributed by atoms with van der Waals surface area (Å²) >= 11 is 0. The standard InChI is InChI=1S/C19H14O2/c1-2-13-8-5-9-17(19(20)21)18(13)16-11-10-14-6-3-4-7-15(14)12-16/h2-12H,1H2,(H,20,21). The average Bonchev–Trinajstić information content (AvgIpc) is 2.53. The monoisotopic (exact) mass is 274 g/mol. The van der Waals surface area contributed by atoms with Gasteiger partial charge in [0.25, 0.3) is 0 Å². The molecular formula is C19H14O2. The van der Waals surface area contributed by atoms with Gasteiger partial charge in [0.1, 0.15) is 0 Å². The fourth-order valence-electron chi connectivity index (χ4n) is 2.59. The maximum Gasteiger partial charge on any atom is 0.336 e. The van der Waals surface area contributed by atoms with Gasteiger partial charge in [-0.2, -0.15) is 0 Å². The molecular weight excluding hydrogens is 260 g/mol. The lowest BCUT2D eigenvalue weighted by Gasteiger charge is -2.11. The minimum absolute atomic E-state index is 0.294. The van der Waals surface area contributed by atoms with Gasteiger partial charge in [0.15, 0.2) is 0 Å². The van der Waals surface area contributed by atoms with Crippen molar-refractivity contribution in [1.82, 2.24) is 0 Å². The van der Waals surface area contributed by atoms with Crippen molar-refractivity contribution >= 4 is 22.8 Å². The smallest absolute Gasteiger partial charge is 0.336 e. The maximum atomic E-state index is 11.5. The molecule has 102 valence electrons. The van der Waals surface area contributed by atoms with Crippen LogP contribution >= 0.6 is 0 Å². The van der Waals surface area contributed by atoms with E-state index < -0.39 is 5.97 Å². The molecule has 3 aromatic rings. The van der Waals surface area contributed by atoms with E-state index in [9.17, 15) is 9.90 Å². The first-order valence-electron chi connectivity index (χ1n) is 6.68. The zero-order valence-electron chi connectivity index (χ0n) is 11.4. The molecule has 0 aromatic heterocycles. The number of hydrogen-bond acceptors (Lipinski definition) is 1. The van der Waals surface area contributed by atoms with Crippen LogP contribution < -0.4 is 0 Å². The highest BCUT2D eigenvalue weighted by Gasteiger charge is 2.14. The fraction of sp³-hybridized carbons (Fsp3) is 0. The van der Waals surface area contributed by atoms with E-state index in [0.29, 0.717) is 11.1 Å². The summed E-state index contributed by atoms with van der Waals surface area (Å²) in [5.41, 5.74) is 2.72. The summed E-state index contributed by atoms with van der Waals surface area (Å²) in [4.78, 5) is 11.5. The largest absolute Gasteiger partial charge is 0.478 e. The fourth-order valence-corrected chi connectivity index (χ4v) is 2.59. The Hall–Kier alpha value is -2.87. The topological polar surface area (TPSA) is 37.3 Å². The van der Waals surface area contributed by atoms with Crippen molar-refractivity contribution in [3.63, 3.8) is 0 Å². The molecule has 21 heavy (non-hydrogen) atoms. The van der Waals surface area contributed by atoms with Gasteiger partial charge in [-0.05, 0) is 34.0 Å². The molecule has 0 radical (unpaired) electrons. The molecule has 3 aromatic carbocycles. The molecule has 0 aliphatic rings. The number of benzene rings is 3. The minimum atomic E-state index is -0.929. The van der Waals surface area contributed by atoms with Crippen molar-refractivity contribution in [3.8, 4) is 11.1 Å². The predicted octanol–water partition coefficient (Wildman–Crippen LogP) is 4.85. The Kier molecular flexibility index (Phi) is 3.28. The van der Waals surface area contributed by atoms with Crippen LogP contribution in [0.2, 0.25) is 0 Å². The van der Waals surface area contributed by atoms with E-state index in [4.69, 9.17) is 0 Å². The van der Waals surface area contributed by atoms with Crippen LogP contribution in [0.3, 0.4) is 0 Å². The SMILES string of the molecule is C=Cc1cccc(C(=O)O)c1-c1ccc2ccccc2c1. The van der Waals surface area contributed by atoms with Crippen molar-refractivity contribution in [1.29, 1.82) is 0 Å². The van der Waals surface area contributed by atoms with Gasteiger partial charge in [0, 0.05) is 5.56 Å². The number of carbonyl (C=O) groups is 1. The first-order valence-corrected chi connectivity index (χ1v) is 6.68. The molecule has 0 atom stereocenters. The van der Waals surface area contributed by atoms with Gasteiger partial charge < -0.3 is 5.11 Å². The summed E-state index contributed by atoms with van der Waals surface area (Å²) in [5.74, 6) is -0.929. The summed E-state index contributed by atoms with van der Waals surface area (Å²) in [6, 6.07) is 19.3. The second-order valence-corrected chi connectivity index (χ2v) is 4.84. The maximum absolute atomic E-state index is 11.5. The average molecular weight is 274 g/mol. The van der Waals surface area contributed by atoms with E-state index in [1.165, 1.54) is 0 Å². The quantitative estimate of drug-likeness (QED) is 0.741. The molecule has 0 fully saturated rings. The van der Waals surface area contributed by atoms with Crippen LogP contribution in [0.25, 0.3) is 28.0 Å². The highest BCUT2D eigenvalue weighted by atomic mass is 16.4. The van der Waals surface area contributed by atoms with Crippen LogP contribution in [0.15, 0.2) is 67.2 Å². The number of rotatable bonds is 3. The molecule has 0 unspecified atom stereocenters. The first kappa shape index (κ1) is 13.1. The van der Waals surface area contributed by atoms with Crippen molar-refractivity contribution in [2.75, 3.05) is 0 Å². The Bertz CT molecular complexity index is 847. The molecule has 0 aliphatic carbocycles. The van der Waals surface area contributed by atoms with Crippen molar-refractivity contribution < 1.29 is 9.90 Å². The number of hydrogen-bond donors (Lipinski definition) is 1. The molecule has 0 saturated carbocycles. The molecule has 2 heteroatoms. The molecule has 1 N–H and O–H groups in total. The summed E-state index contributed by atoms with van der Waals surface area (Å²) < 4.78 is 0. The van der Waals surface area contributed by atoms with Gasteiger partial charge in [0.05, 0.1) is 5.56 Å². The molecule has 0 saturated heterocycles. The van der Waals surface area contributed by atoms with E-state index in [1.54, 1.807) is 18.2 Å². The molecule has 3 rings (SSSR count). The number of aromatic carboxylic acids is 1. The van der Waals surface area contributed by atoms with Crippen molar-refractivity contribution in [2.45, 2.75) is 0 Å². The van der Waals surface area contributed by atoms with Gasteiger partial charge >= 0.3 is 5.97 Å². The van der Waals surface area contributed by atoms with Gasteiger partial charge in [-0.3, -0.25) is 0 Å². The highest BCUT2D eigenvalue weighted by Crippen LogP contribution is 2.31.